The number of nitrogens with zero attached hydrogens (tertiary/aromatic N) is 2. The minimum absolute atomic E-state index is 0.128. The zero-order chi connectivity index (χ0) is 13.1. The third kappa shape index (κ3) is 3.31. The molecule has 0 spiro atoms. The molecule has 0 saturated carbocycles. The van der Waals surface area contributed by atoms with Gasteiger partial charge in [0.1, 0.15) is 0 Å². The minimum Gasteiger partial charge on any atom is -0.324 e. The van der Waals surface area contributed by atoms with Crippen molar-refractivity contribution in [1.82, 2.24) is 9.80 Å². The fraction of sp³-hybridized carbons (Fsp3) is 0.600. The van der Waals surface area contributed by atoms with Crippen LogP contribution in [0.2, 0.25) is 0 Å². The van der Waals surface area contributed by atoms with Crippen molar-refractivity contribution >= 4 is 0 Å². The second kappa shape index (κ2) is 5.83. The van der Waals surface area contributed by atoms with Crippen molar-refractivity contribution < 1.29 is 0 Å². The van der Waals surface area contributed by atoms with Crippen LogP contribution in [0.5, 0.6) is 0 Å². The van der Waals surface area contributed by atoms with Gasteiger partial charge in [-0.1, -0.05) is 24.3 Å². The van der Waals surface area contributed by atoms with Crippen molar-refractivity contribution in [3.8, 4) is 0 Å². The molecule has 1 heterocycles. The number of piperazine rings is 1. The average molecular weight is 247 g/mol. The number of likely N-dealkylation sites (N-methyl/N-ethyl adjacent to an activating group) is 1. The van der Waals surface area contributed by atoms with Gasteiger partial charge in [0.05, 0.1) is 0 Å². The molecule has 0 bridgehead atoms. The van der Waals surface area contributed by atoms with E-state index >= 15 is 0 Å². The molecule has 1 saturated heterocycles. The van der Waals surface area contributed by atoms with Crippen LogP contribution < -0.4 is 5.73 Å². The summed E-state index contributed by atoms with van der Waals surface area (Å²) in [6.45, 7) is 8.86. The first-order chi connectivity index (χ1) is 8.56. The van der Waals surface area contributed by atoms with E-state index in [-0.39, 0.29) is 6.04 Å². The SMILES string of the molecule is CC(N)c1ccc(CN2CCN(C)C(C)C2)cc1. The molecule has 0 aromatic heterocycles. The van der Waals surface area contributed by atoms with Crippen molar-refractivity contribution in [1.29, 1.82) is 0 Å². The van der Waals surface area contributed by atoms with Crippen molar-refractivity contribution in [3.63, 3.8) is 0 Å². The summed E-state index contributed by atoms with van der Waals surface area (Å²) in [4.78, 5) is 4.96. The molecule has 1 fully saturated rings. The van der Waals surface area contributed by atoms with Crippen LogP contribution >= 0.6 is 0 Å². The Labute approximate surface area is 111 Å². The van der Waals surface area contributed by atoms with Gasteiger partial charge in [0.2, 0.25) is 0 Å². The number of hydrogen-bond donors (Lipinski definition) is 1. The first-order valence-corrected chi connectivity index (χ1v) is 6.83. The summed E-state index contributed by atoms with van der Waals surface area (Å²) in [5.41, 5.74) is 8.46. The van der Waals surface area contributed by atoms with Crippen LogP contribution in [0.1, 0.15) is 31.0 Å². The van der Waals surface area contributed by atoms with E-state index in [2.05, 4.69) is 48.0 Å². The maximum Gasteiger partial charge on any atom is 0.0266 e. The molecule has 1 aromatic rings. The first-order valence-electron chi connectivity index (χ1n) is 6.83. The number of benzene rings is 1. The highest BCUT2D eigenvalue weighted by atomic mass is 15.3. The maximum absolute atomic E-state index is 5.87. The molecule has 0 radical (unpaired) electrons. The monoisotopic (exact) mass is 247 g/mol. The van der Waals surface area contributed by atoms with E-state index in [1.807, 2.05) is 6.92 Å². The van der Waals surface area contributed by atoms with Crippen molar-refractivity contribution in [3.05, 3.63) is 35.4 Å². The highest BCUT2D eigenvalue weighted by Gasteiger charge is 2.20. The maximum atomic E-state index is 5.87. The first kappa shape index (κ1) is 13.5. The molecular weight excluding hydrogens is 222 g/mol. The van der Waals surface area contributed by atoms with Crippen molar-refractivity contribution in [2.24, 2.45) is 5.73 Å². The summed E-state index contributed by atoms with van der Waals surface area (Å²) >= 11 is 0. The normalized spacial score (nSPS) is 24.1. The van der Waals surface area contributed by atoms with Gasteiger partial charge in [0.25, 0.3) is 0 Å². The molecule has 18 heavy (non-hydrogen) atoms. The Bertz CT molecular complexity index is 372. The molecular formula is C15H25N3. The topological polar surface area (TPSA) is 32.5 Å². The van der Waals surface area contributed by atoms with Gasteiger partial charge in [-0.3, -0.25) is 4.90 Å². The summed E-state index contributed by atoms with van der Waals surface area (Å²) in [7, 11) is 2.21. The zero-order valence-electron chi connectivity index (χ0n) is 11.8. The van der Waals surface area contributed by atoms with Crippen LogP contribution in [0, 0.1) is 0 Å². The van der Waals surface area contributed by atoms with Gasteiger partial charge in [0, 0.05) is 38.3 Å². The smallest absolute Gasteiger partial charge is 0.0266 e. The van der Waals surface area contributed by atoms with Gasteiger partial charge in [0.15, 0.2) is 0 Å². The van der Waals surface area contributed by atoms with Crippen LogP contribution in [-0.4, -0.2) is 42.5 Å². The summed E-state index contributed by atoms with van der Waals surface area (Å²) in [6.07, 6.45) is 0. The highest BCUT2D eigenvalue weighted by molar-refractivity contribution is 5.24. The largest absolute Gasteiger partial charge is 0.324 e. The lowest BCUT2D eigenvalue weighted by Gasteiger charge is -2.37. The summed E-state index contributed by atoms with van der Waals surface area (Å²) in [6, 6.07) is 9.51. The number of rotatable bonds is 3. The molecule has 3 nitrogen and oxygen atoms in total. The Kier molecular flexibility index (Phi) is 4.38. The fourth-order valence-corrected chi connectivity index (χ4v) is 2.45. The van der Waals surface area contributed by atoms with E-state index in [0.717, 1.165) is 19.6 Å². The molecule has 1 aliphatic rings. The fourth-order valence-electron chi connectivity index (χ4n) is 2.45. The van der Waals surface area contributed by atoms with E-state index in [4.69, 9.17) is 5.73 Å². The second-order valence-corrected chi connectivity index (χ2v) is 5.60. The van der Waals surface area contributed by atoms with Crippen LogP contribution in [0.3, 0.4) is 0 Å². The number of nitrogens with two attached hydrogens (primary N) is 1. The van der Waals surface area contributed by atoms with E-state index in [9.17, 15) is 0 Å². The summed E-state index contributed by atoms with van der Waals surface area (Å²) in [5.74, 6) is 0. The lowest BCUT2D eigenvalue weighted by molar-refractivity contribution is 0.1000. The Morgan fingerprint density at radius 2 is 1.94 bits per heavy atom. The predicted octanol–water partition coefficient (Wildman–Crippen LogP) is 1.84. The zero-order valence-corrected chi connectivity index (χ0v) is 11.8. The van der Waals surface area contributed by atoms with Gasteiger partial charge in [-0.2, -0.15) is 0 Å². The van der Waals surface area contributed by atoms with E-state index in [0.29, 0.717) is 6.04 Å². The molecule has 2 unspecified atom stereocenters. The second-order valence-electron chi connectivity index (χ2n) is 5.60. The summed E-state index contributed by atoms with van der Waals surface area (Å²) < 4.78 is 0. The van der Waals surface area contributed by atoms with Crippen LogP contribution in [0.4, 0.5) is 0 Å². The molecule has 2 N–H and O–H groups in total. The molecule has 100 valence electrons. The van der Waals surface area contributed by atoms with Crippen LogP contribution in [-0.2, 0) is 6.54 Å². The summed E-state index contributed by atoms with van der Waals surface area (Å²) in [5, 5.41) is 0. The molecule has 0 amide bonds. The van der Waals surface area contributed by atoms with E-state index < -0.39 is 0 Å². The third-order valence-corrected chi connectivity index (χ3v) is 3.96. The molecule has 3 heteroatoms. The molecule has 1 aliphatic heterocycles. The van der Waals surface area contributed by atoms with Crippen molar-refractivity contribution in [2.75, 3.05) is 26.7 Å². The lowest BCUT2D eigenvalue weighted by Crippen LogP contribution is -2.49. The Morgan fingerprint density at radius 1 is 1.28 bits per heavy atom. The molecule has 0 aliphatic carbocycles. The Morgan fingerprint density at radius 3 is 2.50 bits per heavy atom. The number of hydrogen-bond acceptors (Lipinski definition) is 3. The van der Waals surface area contributed by atoms with Crippen molar-refractivity contribution in [2.45, 2.75) is 32.5 Å². The highest BCUT2D eigenvalue weighted by Crippen LogP contribution is 2.14. The molecule has 2 rings (SSSR count). The standard InChI is InChI=1S/C15H25N3/c1-12-10-18(9-8-17(12)3)11-14-4-6-15(7-5-14)13(2)16/h4-7,12-13H,8-11,16H2,1-3H3. The van der Waals surface area contributed by atoms with E-state index in [1.165, 1.54) is 17.7 Å². The third-order valence-electron chi connectivity index (χ3n) is 3.96. The van der Waals surface area contributed by atoms with Gasteiger partial charge < -0.3 is 10.6 Å². The quantitative estimate of drug-likeness (QED) is 0.884. The Balaban J connectivity index is 1.93. The predicted molar refractivity (Wildman–Crippen MR) is 76.4 cm³/mol. The lowest BCUT2D eigenvalue weighted by atomic mass is 10.1. The minimum atomic E-state index is 0.128. The van der Waals surface area contributed by atoms with Gasteiger partial charge in [-0.05, 0) is 32.0 Å². The van der Waals surface area contributed by atoms with E-state index in [1.54, 1.807) is 0 Å². The van der Waals surface area contributed by atoms with Gasteiger partial charge in [-0.15, -0.1) is 0 Å². The Hall–Kier alpha value is -0.900. The van der Waals surface area contributed by atoms with Gasteiger partial charge in [-0.25, -0.2) is 0 Å². The van der Waals surface area contributed by atoms with Crippen LogP contribution in [0.25, 0.3) is 0 Å². The van der Waals surface area contributed by atoms with Crippen LogP contribution in [0.15, 0.2) is 24.3 Å². The van der Waals surface area contributed by atoms with Gasteiger partial charge >= 0.3 is 0 Å². The average Bonchev–Trinajstić information content (AvgIpc) is 2.34. The molecule has 2 atom stereocenters. The molecule has 1 aromatic carbocycles.